The van der Waals surface area contributed by atoms with E-state index in [4.69, 9.17) is 12.2 Å². The highest BCUT2D eigenvalue weighted by molar-refractivity contribution is 7.80. The molecule has 5 nitrogen and oxygen atoms in total. The molecule has 17 heavy (non-hydrogen) atoms. The molecule has 0 atom stereocenters. The Morgan fingerprint density at radius 3 is 2.71 bits per heavy atom. The van der Waals surface area contributed by atoms with Crippen LogP contribution in [0.5, 0.6) is 0 Å². The van der Waals surface area contributed by atoms with Crippen LogP contribution in [0.15, 0.2) is 18.2 Å². The molecule has 0 unspecified atom stereocenters. The van der Waals surface area contributed by atoms with Crippen LogP contribution in [0.2, 0.25) is 0 Å². The molecule has 0 saturated carbocycles. The van der Waals surface area contributed by atoms with Crippen LogP contribution in [0.3, 0.4) is 0 Å². The number of nitro groups is 1. The number of nitrogens with one attached hydrogen (secondary N) is 2. The van der Waals surface area contributed by atoms with Gasteiger partial charge in [-0.3, -0.25) is 10.1 Å². The molecule has 0 aliphatic heterocycles. The summed E-state index contributed by atoms with van der Waals surface area (Å²) >= 11 is 4.97. The first-order valence-electron chi connectivity index (χ1n) is 4.91. The normalized spacial score (nSPS) is 10.1. The van der Waals surface area contributed by atoms with Crippen molar-refractivity contribution >= 4 is 28.7 Å². The van der Waals surface area contributed by atoms with Crippen LogP contribution in [0.4, 0.5) is 15.8 Å². The molecule has 0 amide bonds. The zero-order valence-corrected chi connectivity index (χ0v) is 10.2. The van der Waals surface area contributed by atoms with Gasteiger partial charge >= 0.3 is 5.69 Å². The van der Waals surface area contributed by atoms with Gasteiger partial charge in [0.2, 0.25) is 5.82 Å². The molecule has 0 radical (unpaired) electrons. The van der Waals surface area contributed by atoms with Gasteiger partial charge in [-0.2, -0.15) is 4.39 Å². The van der Waals surface area contributed by atoms with E-state index in [0.717, 1.165) is 12.1 Å². The van der Waals surface area contributed by atoms with Crippen LogP contribution in [0.1, 0.15) is 13.8 Å². The summed E-state index contributed by atoms with van der Waals surface area (Å²) in [6, 6.07) is 3.66. The van der Waals surface area contributed by atoms with Crippen molar-refractivity contribution in [2.45, 2.75) is 19.9 Å². The van der Waals surface area contributed by atoms with Gasteiger partial charge in [-0.15, -0.1) is 0 Å². The highest BCUT2D eigenvalue weighted by Crippen LogP contribution is 2.21. The first-order chi connectivity index (χ1) is 7.90. The number of anilines is 1. The molecular formula is C10H12FN3O2S. The molecule has 0 aliphatic carbocycles. The summed E-state index contributed by atoms with van der Waals surface area (Å²) in [6.07, 6.45) is 0. The first kappa shape index (κ1) is 13.3. The van der Waals surface area contributed by atoms with Crippen molar-refractivity contribution < 1.29 is 9.31 Å². The molecule has 92 valence electrons. The zero-order valence-electron chi connectivity index (χ0n) is 9.36. The average molecular weight is 257 g/mol. The Balaban J connectivity index is 2.82. The zero-order chi connectivity index (χ0) is 13.0. The van der Waals surface area contributed by atoms with Crippen LogP contribution in [0.25, 0.3) is 0 Å². The number of halogens is 1. The van der Waals surface area contributed by atoms with Gasteiger partial charge < -0.3 is 10.6 Å². The van der Waals surface area contributed by atoms with Crippen LogP contribution in [0, 0.1) is 15.9 Å². The van der Waals surface area contributed by atoms with Crippen molar-refractivity contribution in [1.82, 2.24) is 5.32 Å². The summed E-state index contributed by atoms with van der Waals surface area (Å²) in [5, 5.41) is 16.5. The van der Waals surface area contributed by atoms with Crippen LogP contribution in [-0.4, -0.2) is 16.1 Å². The van der Waals surface area contributed by atoms with Gasteiger partial charge in [-0.1, -0.05) is 0 Å². The quantitative estimate of drug-likeness (QED) is 0.494. The molecule has 0 fully saturated rings. The van der Waals surface area contributed by atoms with Gasteiger partial charge in [-0.05, 0) is 38.2 Å². The summed E-state index contributed by atoms with van der Waals surface area (Å²) < 4.78 is 13.1. The Labute approximate surface area is 103 Å². The molecule has 0 bridgehead atoms. The highest BCUT2D eigenvalue weighted by Gasteiger charge is 2.14. The first-order valence-corrected chi connectivity index (χ1v) is 5.32. The number of nitro benzene ring substituents is 1. The number of benzene rings is 1. The predicted molar refractivity (Wildman–Crippen MR) is 67.5 cm³/mol. The third-order valence-electron chi connectivity index (χ3n) is 1.82. The van der Waals surface area contributed by atoms with E-state index in [2.05, 4.69) is 10.6 Å². The molecule has 0 spiro atoms. The van der Waals surface area contributed by atoms with E-state index in [9.17, 15) is 14.5 Å². The fraction of sp³-hybridized carbons (Fsp3) is 0.300. The smallest absolute Gasteiger partial charge is 0.306 e. The van der Waals surface area contributed by atoms with Crippen molar-refractivity contribution in [3.63, 3.8) is 0 Å². The summed E-state index contributed by atoms with van der Waals surface area (Å²) in [7, 11) is 0. The molecule has 1 aromatic rings. The molecule has 0 saturated heterocycles. The minimum absolute atomic E-state index is 0.144. The number of thiocarbonyl (C=S) groups is 1. The van der Waals surface area contributed by atoms with E-state index >= 15 is 0 Å². The summed E-state index contributed by atoms with van der Waals surface area (Å²) in [6.45, 7) is 3.81. The Morgan fingerprint density at radius 1 is 1.53 bits per heavy atom. The Hall–Kier alpha value is -1.76. The number of hydrogen-bond acceptors (Lipinski definition) is 3. The van der Waals surface area contributed by atoms with Crippen LogP contribution < -0.4 is 10.6 Å². The summed E-state index contributed by atoms with van der Waals surface area (Å²) in [4.78, 5) is 9.75. The fourth-order valence-electron chi connectivity index (χ4n) is 1.16. The second kappa shape index (κ2) is 5.53. The second-order valence-electron chi connectivity index (χ2n) is 3.68. The topological polar surface area (TPSA) is 67.2 Å². The molecule has 0 aliphatic rings. The minimum atomic E-state index is -0.872. The third-order valence-corrected chi connectivity index (χ3v) is 2.04. The average Bonchev–Trinajstić information content (AvgIpc) is 2.19. The maximum Gasteiger partial charge on any atom is 0.306 e. The third kappa shape index (κ3) is 3.95. The summed E-state index contributed by atoms with van der Waals surface area (Å²) in [5.41, 5.74) is -0.210. The lowest BCUT2D eigenvalue weighted by Gasteiger charge is -2.12. The number of hydrogen-bond donors (Lipinski definition) is 2. The number of nitrogens with zero attached hydrogens (tertiary/aromatic N) is 1. The van der Waals surface area contributed by atoms with Gasteiger partial charge in [0, 0.05) is 17.8 Å². The Kier molecular flexibility index (Phi) is 4.33. The lowest BCUT2D eigenvalue weighted by atomic mass is 10.2. The molecule has 0 heterocycles. The molecular weight excluding hydrogens is 245 g/mol. The lowest BCUT2D eigenvalue weighted by Crippen LogP contribution is -2.33. The van der Waals surface area contributed by atoms with Gasteiger partial charge in [0.1, 0.15) is 0 Å². The minimum Gasteiger partial charge on any atom is -0.360 e. The summed E-state index contributed by atoms with van der Waals surface area (Å²) in [5.74, 6) is -0.872. The number of rotatable bonds is 3. The molecule has 0 aromatic heterocycles. The SMILES string of the molecule is CC(C)NC(=S)Nc1ccc(F)c([N+](=O)[O-])c1. The second-order valence-corrected chi connectivity index (χ2v) is 4.08. The van der Waals surface area contributed by atoms with E-state index in [1.165, 1.54) is 6.07 Å². The van der Waals surface area contributed by atoms with E-state index in [1.807, 2.05) is 13.8 Å². The van der Waals surface area contributed by atoms with Crippen LogP contribution in [-0.2, 0) is 0 Å². The maximum absolute atomic E-state index is 13.1. The van der Waals surface area contributed by atoms with E-state index in [0.29, 0.717) is 10.8 Å². The fourth-order valence-corrected chi connectivity index (χ4v) is 1.51. The van der Waals surface area contributed by atoms with Gasteiger partial charge in [-0.25, -0.2) is 0 Å². The van der Waals surface area contributed by atoms with Crippen molar-refractivity contribution in [2.24, 2.45) is 0 Å². The monoisotopic (exact) mass is 257 g/mol. The molecule has 2 N–H and O–H groups in total. The lowest BCUT2D eigenvalue weighted by molar-refractivity contribution is -0.387. The van der Waals surface area contributed by atoms with E-state index in [1.54, 1.807) is 0 Å². The van der Waals surface area contributed by atoms with Gasteiger partial charge in [0.05, 0.1) is 4.92 Å². The van der Waals surface area contributed by atoms with Gasteiger partial charge in [0.25, 0.3) is 0 Å². The van der Waals surface area contributed by atoms with E-state index in [-0.39, 0.29) is 6.04 Å². The largest absolute Gasteiger partial charge is 0.360 e. The van der Waals surface area contributed by atoms with Crippen molar-refractivity contribution in [3.05, 3.63) is 34.1 Å². The Bertz CT molecular complexity index is 451. The Morgan fingerprint density at radius 2 is 2.18 bits per heavy atom. The van der Waals surface area contributed by atoms with Crippen molar-refractivity contribution in [1.29, 1.82) is 0 Å². The van der Waals surface area contributed by atoms with E-state index < -0.39 is 16.4 Å². The predicted octanol–water partition coefficient (Wildman–Crippen LogP) is 2.43. The maximum atomic E-state index is 13.1. The molecule has 1 aromatic carbocycles. The van der Waals surface area contributed by atoms with Gasteiger partial charge in [0.15, 0.2) is 5.11 Å². The standard InChI is InChI=1S/C10H12FN3O2S/c1-6(2)12-10(17)13-7-3-4-8(11)9(5-7)14(15)16/h3-6H,1-2H3,(H2,12,13,17). The molecule has 7 heteroatoms. The van der Waals surface area contributed by atoms with Crippen molar-refractivity contribution in [3.8, 4) is 0 Å². The highest BCUT2D eigenvalue weighted by atomic mass is 32.1. The molecule has 1 rings (SSSR count). The van der Waals surface area contributed by atoms with Crippen molar-refractivity contribution in [2.75, 3.05) is 5.32 Å². The van der Waals surface area contributed by atoms with Crippen LogP contribution >= 0.6 is 12.2 Å².